The topological polar surface area (TPSA) is 231 Å². The van der Waals surface area contributed by atoms with Gasteiger partial charge in [0.05, 0.1) is 19.2 Å². The highest BCUT2D eigenvalue weighted by Gasteiger charge is 2.40. The van der Waals surface area contributed by atoms with E-state index in [4.69, 9.17) is 30.3 Å². The second kappa shape index (κ2) is 10.7. The zero-order valence-corrected chi connectivity index (χ0v) is 17.0. The van der Waals surface area contributed by atoms with E-state index in [0.29, 0.717) is 11.2 Å². The number of aliphatic hydroxyl groups is 1. The maximum atomic E-state index is 11.7. The van der Waals surface area contributed by atoms with Gasteiger partial charge in [0.15, 0.2) is 16.8 Å². The van der Waals surface area contributed by atoms with Crippen LogP contribution in [-0.2, 0) is 40.3 Å². The molecule has 0 amide bonds. The predicted molar refractivity (Wildman–Crippen MR) is 102 cm³/mol. The number of aromatic nitrogens is 4. The van der Waals surface area contributed by atoms with E-state index >= 15 is 0 Å². The molecule has 5 N–H and O–H groups in total. The lowest BCUT2D eigenvalue weighted by molar-refractivity contribution is -0.170. The van der Waals surface area contributed by atoms with Gasteiger partial charge < -0.3 is 30.1 Å². The zero-order valence-electron chi connectivity index (χ0n) is 17.0. The van der Waals surface area contributed by atoms with Crippen molar-refractivity contribution in [3.8, 4) is 0 Å². The normalized spacial score (nSPS) is 10.4. The van der Waals surface area contributed by atoms with Gasteiger partial charge in [-0.3, -0.25) is 28.3 Å². The minimum atomic E-state index is -2.74. The molecule has 0 spiro atoms. The fourth-order valence-electron chi connectivity index (χ4n) is 2.19. The molecule has 0 fully saturated rings. The molecule has 0 aliphatic rings. The van der Waals surface area contributed by atoms with Crippen LogP contribution in [0.25, 0.3) is 11.2 Å². The summed E-state index contributed by atoms with van der Waals surface area (Å²) in [5.74, 6) is -5.85. The van der Waals surface area contributed by atoms with Crippen molar-refractivity contribution >= 4 is 35.0 Å². The highest BCUT2D eigenvalue weighted by atomic mass is 16.4. The van der Waals surface area contributed by atoms with Crippen LogP contribution in [0.5, 0.6) is 0 Å². The second-order valence-corrected chi connectivity index (χ2v) is 6.23. The lowest BCUT2D eigenvalue weighted by Crippen LogP contribution is -2.42. The molecule has 2 heterocycles. The first kappa shape index (κ1) is 27.0. The van der Waals surface area contributed by atoms with Gasteiger partial charge in [-0.05, 0) is 0 Å². The van der Waals surface area contributed by atoms with Crippen LogP contribution in [0.2, 0.25) is 0 Å². The van der Waals surface area contributed by atoms with Gasteiger partial charge in [0.1, 0.15) is 0 Å². The fourth-order valence-corrected chi connectivity index (χ4v) is 2.19. The number of hydrogen-bond donors (Lipinski definition) is 5. The molecule has 2 rings (SSSR count). The van der Waals surface area contributed by atoms with Crippen LogP contribution in [0, 0.1) is 0 Å². The molecule has 0 aliphatic heterocycles. The third-order valence-electron chi connectivity index (χ3n) is 3.60. The first-order chi connectivity index (χ1) is 14.0. The van der Waals surface area contributed by atoms with Crippen molar-refractivity contribution in [2.45, 2.75) is 25.4 Å². The highest BCUT2D eigenvalue weighted by Crippen LogP contribution is 2.15. The molecular weight excluding hydrogens is 424 g/mol. The number of nitrogens with zero attached hydrogens (tertiary/aromatic N) is 4. The number of carbonyl (C=O) groups is 4. The number of aliphatic carboxylic acids is 4. The van der Waals surface area contributed by atoms with Gasteiger partial charge in [0.25, 0.3) is 11.5 Å². The van der Waals surface area contributed by atoms with Gasteiger partial charge in [0.2, 0.25) is 0 Å². The molecule has 0 saturated heterocycles. The van der Waals surface area contributed by atoms with Crippen LogP contribution in [0.1, 0.15) is 19.8 Å². The van der Waals surface area contributed by atoms with E-state index in [1.54, 1.807) is 18.7 Å². The Morgan fingerprint density at radius 3 is 1.71 bits per heavy atom. The van der Waals surface area contributed by atoms with Crippen molar-refractivity contribution in [2.75, 3.05) is 0 Å². The summed E-state index contributed by atoms with van der Waals surface area (Å²) in [4.78, 5) is 66.6. The Morgan fingerprint density at radius 1 is 0.935 bits per heavy atom. The number of carboxylic acids is 4. The Labute approximate surface area is 173 Å². The number of fused-ring (bicyclic) bond motifs is 1. The van der Waals surface area contributed by atoms with E-state index in [0.717, 1.165) is 11.5 Å². The number of rotatable bonds is 5. The molecule has 0 aromatic carbocycles. The number of hydrogen-bond acceptors (Lipinski definition) is 8. The summed E-state index contributed by atoms with van der Waals surface area (Å²) in [6.45, 7) is 1.08. The number of aryl methyl sites for hydroxylation is 2. The van der Waals surface area contributed by atoms with Crippen molar-refractivity contribution in [1.29, 1.82) is 0 Å². The quantitative estimate of drug-likeness (QED) is 0.330. The summed E-state index contributed by atoms with van der Waals surface area (Å²) < 4.78 is 4.04. The SMILES string of the molecule is CC(=O)O.Cn1c(=O)c2c(ncn2C)n(C)c1=O.O=C(O)CC(O)(CC(=O)O)C(=O)O. The van der Waals surface area contributed by atoms with Gasteiger partial charge >= 0.3 is 23.6 Å². The molecule has 0 atom stereocenters. The predicted octanol–water partition coefficient (Wildman–Crippen LogP) is -2.19. The summed E-state index contributed by atoms with van der Waals surface area (Å²) in [7, 11) is 4.77. The van der Waals surface area contributed by atoms with Crippen LogP contribution in [0.15, 0.2) is 15.9 Å². The van der Waals surface area contributed by atoms with Crippen LogP contribution in [0.3, 0.4) is 0 Å². The van der Waals surface area contributed by atoms with Crippen molar-refractivity contribution in [1.82, 2.24) is 18.7 Å². The van der Waals surface area contributed by atoms with Crippen molar-refractivity contribution in [2.24, 2.45) is 21.1 Å². The second-order valence-electron chi connectivity index (χ2n) is 6.23. The van der Waals surface area contributed by atoms with Gasteiger partial charge in [-0.2, -0.15) is 0 Å². The fraction of sp³-hybridized carbons (Fsp3) is 0.438. The van der Waals surface area contributed by atoms with Gasteiger partial charge in [0, 0.05) is 28.1 Å². The molecule has 172 valence electrons. The maximum absolute atomic E-state index is 11.7. The molecule has 0 aliphatic carbocycles. The molecule has 31 heavy (non-hydrogen) atoms. The largest absolute Gasteiger partial charge is 0.481 e. The van der Waals surface area contributed by atoms with Crippen molar-refractivity contribution in [3.05, 3.63) is 27.2 Å². The Morgan fingerprint density at radius 2 is 1.35 bits per heavy atom. The first-order valence-electron chi connectivity index (χ1n) is 8.21. The first-order valence-corrected chi connectivity index (χ1v) is 8.21. The van der Waals surface area contributed by atoms with Crippen molar-refractivity contribution in [3.63, 3.8) is 0 Å². The minimum Gasteiger partial charge on any atom is -0.481 e. The maximum Gasteiger partial charge on any atom is 0.336 e. The minimum absolute atomic E-state index is 0.317. The average molecular weight is 446 g/mol. The molecule has 0 bridgehead atoms. The molecular formula is C16H22N4O11. The Hall–Kier alpha value is -4.01. The molecule has 2 aromatic heterocycles. The monoisotopic (exact) mass is 446 g/mol. The standard InChI is InChI=1S/C8H10N4O2.C6H8O7.C2H4O2/c1-10-4-9-6-5(10)7(13)12(3)8(14)11(6)2;7-3(8)1-6(13,5(11)12)2-4(9)10;1-2(3)4/h4H,1-3H3;13H,1-2H2,(H,7,8)(H,9,10)(H,11,12);1H3,(H,3,4). The number of carboxylic acid groups (broad SMARTS) is 4. The smallest absolute Gasteiger partial charge is 0.336 e. The zero-order chi connectivity index (χ0) is 24.7. The van der Waals surface area contributed by atoms with Crippen molar-refractivity contribution < 1.29 is 44.7 Å². The highest BCUT2D eigenvalue weighted by molar-refractivity contribution is 5.88. The molecule has 15 heteroatoms. The Bertz CT molecular complexity index is 1090. The van der Waals surface area contributed by atoms with Gasteiger partial charge in [-0.15, -0.1) is 0 Å². The third kappa shape index (κ3) is 7.39. The van der Waals surface area contributed by atoms with E-state index < -0.39 is 42.3 Å². The summed E-state index contributed by atoms with van der Waals surface area (Å²) >= 11 is 0. The molecule has 2 aromatic rings. The van der Waals surface area contributed by atoms with E-state index in [1.165, 1.54) is 17.9 Å². The summed E-state index contributed by atoms with van der Waals surface area (Å²) in [5.41, 5.74) is -2.56. The van der Waals surface area contributed by atoms with E-state index in [9.17, 15) is 24.0 Å². The summed E-state index contributed by atoms with van der Waals surface area (Å²) in [6.07, 6.45) is -0.769. The van der Waals surface area contributed by atoms with E-state index in [-0.39, 0.29) is 11.2 Å². The lowest BCUT2D eigenvalue weighted by atomic mass is 9.96. The Kier molecular flexibility index (Phi) is 9.30. The summed E-state index contributed by atoms with van der Waals surface area (Å²) in [6, 6.07) is 0. The molecule has 0 radical (unpaired) electrons. The van der Waals surface area contributed by atoms with Crippen LogP contribution in [0.4, 0.5) is 0 Å². The van der Waals surface area contributed by atoms with Crippen LogP contribution < -0.4 is 11.2 Å². The van der Waals surface area contributed by atoms with Gasteiger partial charge in [-0.1, -0.05) is 0 Å². The molecule has 0 unspecified atom stereocenters. The Balaban J connectivity index is 0.000000498. The summed E-state index contributed by atoms with van der Waals surface area (Å²) in [5, 5.41) is 41.2. The molecule has 0 saturated carbocycles. The van der Waals surface area contributed by atoms with Crippen LogP contribution >= 0.6 is 0 Å². The van der Waals surface area contributed by atoms with E-state index in [1.807, 2.05) is 0 Å². The molecule has 15 nitrogen and oxygen atoms in total. The number of imidazole rings is 1. The average Bonchev–Trinajstić information content (AvgIpc) is 2.98. The van der Waals surface area contributed by atoms with Crippen LogP contribution in [-0.4, -0.2) is 73.7 Å². The van der Waals surface area contributed by atoms with E-state index in [2.05, 4.69) is 4.98 Å². The third-order valence-corrected chi connectivity index (χ3v) is 3.60. The van der Waals surface area contributed by atoms with Gasteiger partial charge in [-0.25, -0.2) is 14.6 Å². The lowest BCUT2D eigenvalue weighted by Gasteiger charge is -2.18.